The lowest BCUT2D eigenvalue weighted by Gasteiger charge is -2.27. The summed E-state index contributed by atoms with van der Waals surface area (Å²) in [5, 5.41) is 0. The van der Waals surface area contributed by atoms with Gasteiger partial charge in [-0.1, -0.05) is 44.4 Å². The van der Waals surface area contributed by atoms with E-state index in [1.54, 1.807) is 0 Å². The number of carbonyl (C=O) groups is 1. The fraction of sp³-hybridized carbons (Fsp3) is 0.562. The van der Waals surface area contributed by atoms with Crippen LogP contribution in [0.5, 0.6) is 0 Å². The smallest absolute Gasteiger partial charge is 0.150 e. The molecule has 1 aliphatic rings. The normalized spacial score (nSPS) is 24.5. The van der Waals surface area contributed by atoms with Gasteiger partial charge in [0, 0.05) is 5.56 Å². The van der Waals surface area contributed by atoms with E-state index >= 15 is 0 Å². The predicted octanol–water partition coefficient (Wildman–Crippen LogP) is 4.26. The maximum Gasteiger partial charge on any atom is 0.150 e. The molecule has 0 bridgehead atoms. The summed E-state index contributed by atoms with van der Waals surface area (Å²) in [6.07, 6.45) is 8.96. The van der Waals surface area contributed by atoms with E-state index in [2.05, 4.69) is 13.0 Å². The van der Waals surface area contributed by atoms with Gasteiger partial charge in [-0.05, 0) is 42.7 Å². The summed E-state index contributed by atoms with van der Waals surface area (Å²) in [5.74, 6) is 1.80. The standard InChI is InChI=1S/C16H22O/c1-2-13-6-8-14(9-7-13)10-15-4-3-5-16(11-15)12-17/h3-5,11-14H,2,6-10H2,1H3. The number of carbonyl (C=O) groups excluding carboxylic acids is 1. The van der Waals surface area contributed by atoms with Gasteiger partial charge in [-0.2, -0.15) is 0 Å². The Balaban J connectivity index is 1.90. The van der Waals surface area contributed by atoms with E-state index in [1.807, 2.05) is 18.2 Å². The molecule has 1 saturated carbocycles. The first-order chi connectivity index (χ1) is 8.31. The second-order valence-electron chi connectivity index (χ2n) is 5.36. The van der Waals surface area contributed by atoms with Gasteiger partial charge in [-0.3, -0.25) is 4.79 Å². The van der Waals surface area contributed by atoms with Crippen molar-refractivity contribution in [2.45, 2.75) is 45.4 Å². The summed E-state index contributed by atoms with van der Waals surface area (Å²) in [6, 6.07) is 8.07. The molecule has 0 heterocycles. The predicted molar refractivity (Wildman–Crippen MR) is 71.3 cm³/mol. The van der Waals surface area contributed by atoms with Gasteiger partial charge in [0.1, 0.15) is 6.29 Å². The minimum atomic E-state index is 0.810. The average molecular weight is 230 g/mol. The van der Waals surface area contributed by atoms with E-state index in [1.165, 1.54) is 37.7 Å². The van der Waals surface area contributed by atoms with E-state index in [4.69, 9.17) is 0 Å². The first kappa shape index (κ1) is 12.3. The lowest BCUT2D eigenvalue weighted by molar-refractivity contribution is 0.112. The molecular weight excluding hydrogens is 208 g/mol. The largest absolute Gasteiger partial charge is 0.298 e. The molecule has 0 aromatic heterocycles. The van der Waals surface area contributed by atoms with Crippen LogP contribution >= 0.6 is 0 Å². The van der Waals surface area contributed by atoms with Crippen molar-refractivity contribution in [3.05, 3.63) is 35.4 Å². The Labute approximate surface area is 104 Å². The molecule has 1 nitrogen and oxygen atoms in total. The zero-order valence-electron chi connectivity index (χ0n) is 10.7. The number of hydrogen-bond acceptors (Lipinski definition) is 1. The van der Waals surface area contributed by atoms with Gasteiger partial charge >= 0.3 is 0 Å². The summed E-state index contributed by atoms with van der Waals surface area (Å²) in [6.45, 7) is 2.30. The van der Waals surface area contributed by atoms with Crippen LogP contribution in [0.25, 0.3) is 0 Å². The molecule has 0 radical (unpaired) electrons. The minimum absolute atomic E-state index is 0.810. The molecule has 1 aromatic carbocycles. The van der Waals surface area contributed by atoms with Gasteiger partial charge < -0.3 is 0 Å². The van der Waals surface area contributed by atoms with Crippen molar-refractivity contribution in [2.75, 3.05) is 0 Å². The van der Waals surface area contributed by atoms with Gasteiger partial charge in [-0.25, -0.2) is 0 Å². The fourth-order valence-electron chi connectivity index (χ4n) is 2.97. The molecule has 0 amide bonds. The molecule has 0 spiro atoms. The molecule has 0 unspecified atom stereocenters. The zero-order valence-corrected chi connectivity index (χ0v) is 10.7. The fourth-order valence-corrected chi connectivity index (χ4v) is 2.97. The molecule has 0 atom stereocenters. The summed E-state index contributed by atoms with van der Waals surface area (Å²) in [4.78, 5) is 10.7. The Morgan fingerprint density at radius 3 is 2.53 bits per heavy atom. The van der Waals surface area contributed by atoms with Gasteiger partial charge in [-0.15, -0.1) is 0 Å². The molecule has 92 valence electrons. The lowest BCUT2D eigenvalue weighted by Crippen LogP contribution is -2.15. The van der Waals surface area contributed by atoms with Crippen LogP contribution in [0.3, 0.4) is 0 Å². The SMILES string of the molecule is CCC1CCC(Cc2cccc(C=O)c2)CC1. The highest BCUT2D eigenvalue weighted by molar-refractivity contribution is 5.74. The zero-order chi connectivity index (χ0) is 12.1. The Bertz CT molecular complexity index is 362. The Kier molecular flexibility index (Phi) is 4.36. The van der Waals surface area contributed by atoms with Crippen LogP contribution in [0, 0.1) is 11.8 Å². The van der Waals surface area contributed by atoms with Crippen LogP contribution in [0.2, 0.25) is 0 Å². The quantitative estimate of drug-likeness (QED) is 0.706. The van der Waals surface area contributed by atoms with Gasteiger partial charge in [0.25, 0.3) is 0 Å². The van der Waals surface area contributed by atoms with E-state index in [0.29, 0.717) is 0 Å². The monoisotopic (exact) mass is 230 g/mol. The number of benzene rings is 1. The summed E-state index contributed by atoms with van der Waals surface area (Å²) in [7, 11) is 0. The molecule has 1 fully saturated rings. The van der Waals surface area contributed by atoms with Crippen molar-refractivity contribution >= 4 is 6.29 Å². The maximum absolute atomic E-state index is 10.7. The summed E-state index contributed by atoms with van der Waals surface area (Å²) in [5.41, 5.74) is 2.14. The van der Waals surface area contributed by atoms with Crippen molar-refractivity contribution in [3.63, 3.8) is 0 Å². The van der Waals surface area contributed by atoms with Crippen LogP contribution in [-0.2, 0) is 6.42 Å². The van der Waals surface area contributed by atoms with Crippen molar-refractivity contribution in [2.24, 2.45) is 11.8 Å². The first-order valence-electron chi connectivity index (χ1n) is 6.86. The van der Waals surface area contributed by atoms with Crippen LogP contribution in [-0.4, -0.2) is 6.29 Å². The minimum Gasteiger partial charge on any atom is -0.298 e. The van der Waals surface area contributed by atoms with Gasteiger partial charge in [0.15, 0.2) is 0 Å². The van der Waals surface area contributed by atoms with Crippen LogP contribution < -0.4 is 0 Å². The van der Waals surface area contributed by atoms with Crippen LogP contribution in [0.1, 0.15) is 54.9 Å². The van der Waals surface area contributed by atoms with Gasteiger partial charge in [0.05, 0.1) is 0 Å². The Morgan fingerprint density at radius 1 is 1.18 bits per heavy atom. The number of aldehydes is 1. The third-order valence-electron chi connectivity index (χ3n) is 4.16. The highest BCUT2D eigenvalue weighted by atomic mass is 16.1. The van der Waals surface area contributed by atoms with Crippen molar-refractivity contribution in [1.82, 2.24) is 0 Å². The van der Waals surface area contributed by atoms with E-state index in [9.17, 15) is 4.79 Å². The second kappa shape index (κ2) is 6.00. The molecule has 1 aliphatic carbocycles. The maximum atomic E-state index is 10.7. The van der Waals surface area contributed by atoms with E-state index in [-0.39, 0.29) is 0 Å². The summed E-state index contributed by atoms with van der Waals surface area (Å²) >= 11 is 0. The average Bonchev–Trinajstić information content (AvgIpc) is 2.40. The lowest BCUT2D eigenvalue weighted by atomic mass is 9.78. The van der Waals surface area contributed by atoms with E-state index in [0.717, 1.165) is 30.1 Å². The van der Waals surface area contributed by atoms with Crippen molar-refractivity contribution < 1.29 is 4.79 Å². The highest BCUT2D eigenvalue weighted by Crippen LogP contribution is 2.32. The topological polar surface area (TPSA) is 17.1 Å². The van der Waals surface area contributed by atoms with E-state index < -0.39 is 0 Å². The number of hydrogen-bond donors (Lipinski definition) is 0. The molecular formula is C16H22O. The third kappa shape index (κ3) is 3.42. The molecule has 0 saturated heterocycles. The van der Waals surface area contributed by atoms with Crippen LogP contribution in [0.4, 0.5) is 0 Å². The molecule has 0 aliphatic heterocycles. The molecule has 17 heavy (non-hydrogen) atoms. The molecule has 1 heteroatoms. The van der Waals surface area contributed by atoms with Crippen molar-refractivity contribution in [3.8, 4) is 0 Å². The van der Waals surface area contributed by atoms with Crippen molar-refractivity contribution in [1.29, 1.82) is 0 Å². The Morgan fingerprint density at radius 2 is 1.88 bits per heavy atom. The highest BCUT2D eigenvalue weighted by Gasteiger charge is 2.19. The molecule has 2 rings (SSSR count). The van der Waals surface area contributed by atoms with Crippen LogP contribution in [0.15, 0.2) is 24.3 Å². The third-order valence-corrected chi connectivity index (χ3v) is 4.16. The molecule has 1 aromatic rings. The Hall–Kier alpha value is -1.11. The second-order valence-corrected chi connectivity index (χ2v) is 5.36. The van der Waals surface area contributed by atoms with Gasteiger partial charge in [0.2, 0.25) is 0 Å². The molecule has 0 N–H and O–H groups in total. The number of rotatable bonds is 4. The summed E-state index contributed by atoms with van der Waals surface area (Å²) < 4.78 is 0. The first-order valence-corrected chi connectivity index (χ1v) is 6.86.